The lowest BCUT2D eigenvalue weighted by molar-refractivity contribution is 0.376. The molecule has 0 amide bonds. The number of hydrogen-bond donors (Lipinski definition) is 1. The maximum absolute atomic E-state index is 12.9. The van der Waals surface area contributed by atoms with Crippen LogP contribution in [0, 0.1) is 5.82 Å². The smallest absolute Gasteiger partial charge is 0.242 e. The van der Waals surface area contributed by atoms with Crippen molar-refractivity contribution in [3.8, 4) is 11.4 Å². The molecule has 0 aliphatic carbocycles. The third-order valence-corrected chi connectivity index (χ3v) is 4.78. The van der Waals surface area contributed by atoms with Crippen LogP contribution in [0.5, 0.6) is 0 Å². The van der Waals surface area contributed by atoms with Crippen LogP contribution in [0.3, 0.4) is 0 Å². The number of sulfonamides is 1. The Morgan fingerprint density at radius 1 is 1.08 bits per heavy atom. The third-order valence-electron chi connectivity index (χ3n) is 3.11. The molecule has 3 rings (SSSR count). The second-order valence-corrected chi connectivity index (χ2v) is 7.00. The van der Waals surface area contributed by atoms with E-state index in [1.807, 2.05) is 0 Å². The molecule has 0 saturated carbocycles. The van der Waals surface area contributed by atoms with E-state index in [0.29, 0.717) is 16.4 Å². The van der Waals surface area contributed by atoms with Gasteiger partial charge >= 0.3 is 0 Å². The minimum atomic E-state index is -3.80. The van der Waals surface area contributed by atoms with Gasteiger partial charge in [0.15, 0.2) is 0 Å². The summed E-state index contributed by atoms with van der Waals surface area (Å²) < 4.78 is 44.4. The Morgan fingerprint density at radius 3 is 2.42 bits per heavy atom. The van der Waals surface area contributed by atoms with Gasteiger partial charge in [0, 0.05) is 10.6 Å². The van der Waals surface area contributed by atoms with Crippen molar-refractivity contribution in [2.75, 3.05) is 0 Å². The van der Waals surface area contributed by atoms with E-state index in [-0.39, 0.29) is 17.3 Å². The molecule has 124 valence electrons. The van der Waals surface area contributed by atoms with Gasteiger partial charge in [0.2, 0.25) is 21.7 Å². The van der Waals surface area contributed by atoms with E-state index in [4.69, 9.17) is 16.1 Å². The van der Waals surface area contributed by atoms with E-state index in [0.717, 1.165) is 12.1 Å². The van der Waals surface area contributed by atoms with Gasteiger partial charge in [-0.2, -0.15) is 4.98 Å². The zero-order valence-electron chi connectivity index (χ0n) is 12.1. The molecule has 6 nitrogen and oxygen atoms in total. The number of nitrogens with zero attached hydrogens (tertiary/aromatic N) is 2. The molecule has 0 atom stereocenters. The highest BCUT2D eigenvalue weighted by atomic mass is 35.5. The van der Waals surface area contributed by atoms with E-state index in [9.17, 15) is 12.8 Å². The van der Waals surface area contributed by atoms with Gasteiger partial charge in [-0.1, -0.05) is 16.8 Å². The zero-order chi connectivity index (χ0) is 17.2. The average molecular weight is 368 g/mol. The Labute approximate surface area is 142 Å². The van der Waals surface area contributed by atoms with Crippen LogP contribution < -0.4 is 4.72 Å². The number of rotatable bonds is 5. The summed E-state index contributed by atoms with van der Waals surface area (Å²) in [4.78, 5) is 4.06. The van der Waals surface area contributed by atoms with Gasteiger partial charge in [0.05, 0.1) is 11.4 Å². The molecule has 0 radical (unpaired) electrons. The summed E-state index contributed by atoms with van der Waals surface area (Å²) in [6, 6.07) is 11.3. The van der Waals surface area contributed by atoms with Crippen molar-refractivity contribution < 1.29 is 17.3 Å². The number of benzene rings is 2. The predicted molar refractivity (Wildman–Crippen MR) is 85.2 cm³/mol. The molecule has 24 heavy (non-hydrogen) atoms. The van der Waals surface area contributed by atoms with E-state index in [2.05, 4.69) is 14.9 Å². The lowest BCUT2D eigenvalue weighted by Crippen LogP contribution is -2.23. The molecule has 1 heterocycles. The SMILES string of the molecule is O=S(=O)(NCc1nc(-c2ccc(Cl)cc2)no1)c1ccc(F)cc1. The number of nitrogens with one attached hydrogen (secondary N) is 1. The zero-order valence-corrected chi connectivity index (χ0v) is 13.7. The summed E-state index contributed by atoms with van der Waals surface area (Å²) in [5.74, 6) is -0.0910. The van der Waals surface area contributed by atoms with Crippen LogP contribution in [0.1, 0.15) is 5.89 Å². The van der Waals surface area contributed by atoms with Crippen LogP contribution in [-0.4, -0.2) is 18.6 Å². The molecular weight excluding hydrogens is 357 g/mol. The molecule has 0 saturated heterocycles. The summed E-state index contributed by atoms with van der Waals surface area (Å²) >= 11 is 5.81. The summed E-state index contributed by atoms with van der Waals surface area (Å²) in [6.07, 6.45) is 0. The molecule has 1 aromatic heterocycles. The maximum Gasteiger partial charge on any atom is 0.242 e. The van der Waals surface area contributed by atoms with Crippen molar-refractivity contribution in [1.29, 1.82) is 0 Å². The van der Waals surface area contributed by atoms with Gasteiger partial charge in [-0.15, -0.1) is 0 Å². The second-order valence-electron chi connectivity index (χ2n) is 4.80. The first kappa shape index (κ1) is 16.6. The van der Waals surface area contributed by atoms with Gasteiger partial charge in [0.25, 0.3) is 0 Å². The fourth-order valence-corrected chi connectivity index (χ4v) is 3.00. The van der Waals surface area contributed by atoms with Crippen LogP contribution >= 0.6 is 11.6 Å². The molecule has 9 heteroatoms. The molecule has 0 fully saturated rings. The third kappa shape index (κ3) is 3.78. The Morgan fingerprint density at radius 2 is 1.75 bits per heavy atom. The number of hydrogen-bond acceptors (Lipinski definition) is 5. The lowest BCUT2D eigenvalue weighted by atomic mass is 10.2. The molecular formula is C15H11ClFN3O3S. The van der Waals surface area contributed by atoms with Gasteiger partial charge in [-0.05, 0) is 48.5 Å². The Bertz CT molecular complexity index is 941. The van der Waals surface area contributed by atoms with Gasteiger partial charge < -0.3 is 4.52 Å². The number of aromatic nitrogens is 2. The highest BCUT2D eigenvalue weighted by Gasteiger charge is 2.16. The van der Waals surface area contributed by atoms with Crippen LogP contribution in [0.25, 0.3) is 11.4 Å². The Kier molecular flexibility index (Phi) is 4.61. The van der Waals surface area contributed by atoms with Crippen molar-refractivity contribution >= 4 is 21.6 Å². The molecule has 0 aliphatic heterocycles. The average Bonchev–Trinajstić information content (AvgIpc) is 3.03. The van der Waals surface area contributed by atoms with Crippen molar-refractivity contribution in [2.24, 2.45) is 0 Å². The largest absolute Gasteiger partial charge is 0.338 e. The normalized spacial score (nSPS) is 11.6. The molecule has 2 aromatic carbocycles. The highest BCUT2D eigenvalue weighted by Crippen LogP contribution is 2.19. The molecule has 1 N–H and O–H groups in total. The minimum Gasteiger partial charge on any atom is -0.338 e. The molecule has 0 bridgehead atoms. The quantitative estimate of drug-likeness (QED) is 0.749. The van der Waals surface area contributed by atoms with E-state index in [1.165, 1.54) is 12.1 Å². The number of halogens is 2. The minimum absolute atomic E-state index is 0.0543. The summed E-state index contributed by atoms with van der Waals surface area (Å²) in [6.45, 7) is -0.180. The summed E-state index contributed by atoms with van der Waals surface area (Å²) in [5, 5.41) is 4.37. The van der Waals surface area contributed by atoms with E-state index < -0.39 is 15.8 Å². The standard InChI is InChI=1S/C15H11ClFN3O3S/c16-11-3-1-10(2-4-11)15-19-14(23-20-15)9-18-24(21,22)13-7-5-12(17)6-8-13/h1-8,18H,9H2. The monoisotopic (exact) mass is 367 g/mol. The van der Waals surface area contributed by atoms with Crippen LogP contribution in [0.2, 0.25) is 5.02 Å². The lowest BCUT2D eigenvalue weighted by Gasteiger charge is -2.04. The van der Waals surface area contributed by atoms with Gasteiger partial charge in [-0.3, -0.25) is 0 Å². The summed E-state index contributed by atoms with van der Waals surface area (Å²) in [7, 11) is -3.80. The Balaban J connectivity index is 1.71. The molecule has 3 aromatic rings. The predicted octanol–water partition coefficient (Wildman–Crippen LogP) is 3.01. The first-order chi connectivity index (χ1) is 11.4. The van der Waals surface area contributed by atoms with Crippen LogP contribution in [-0.2, 0) is 16.6 Å². The van der Waals surface area contributed by atoms with Gasteiger partial charge in [0.1, 0.15) is 5.82 Å². The van der Waals surface area contributed by atoms with Gasteiger partial charge in [-0.25, -0.2) is 17.5 Å². The van der Waals surface area contributed by atoms with E-state index >= 15 is 0 Å². The molecule has 0 unspecified atom stereocenters. The fraction of sp³-hybridized carbons (Fsp3) is 0.0667. The summed E-state index contributed by atoms with van der Waals surface area (Å²) in [5.41, 5.74) is 0.691. The first-order valence-electron chi connectivity index (χ1n) is 6.78. The molecule has 0 spiro atoms. The second kappa shape index (κ2) is 6.68. The van der Waals surface area contributed by atoms with Crippen LogP contribution in [0.4, 0.5) is 4.39 Å². The van der Waals surface area contributed by atoms with Crippen molar-refractivity contribution in [3.63, 3.8) is 0 Å². The maximum atomic E-state index is 12.9. The van der Waals surface area contributed by atoms with Crippen molar-refractivity contribution in [3.05, 3.63) is 65.3 Å². The first-order valence-corrected chi connectivity index (χ1v) is 8.64. The molecule has 0 aliphatic rings. The fourth-order valence-electron chi connectivity index (χ4n) is 1.90. The van der Waals surface area contributed by atoms with Crippen molar-refractivity contribution in [2.45, 2.75) is 11.4 Å². The highest BCUT2D eigenvalue weighted by molar-refractivity contribution is 7.89. The van der Waals surface area contributed by atoms with Crippen LogP contribution in [0.15, 0.2) is 57.9 Å². The van der Waals surface area contributed by atoms with E-state index in [1.54, 1.807) is 24.3 Å². The topological polar surface area (TPSA) is 85.1 Å². The Hall–Kier alpha value is -2.29. The van der Waals surface area contributed by atoms with Crippen molar-refractivity contribution in [1.82, 2.24) is 14.9 Å².